The summed E-state index contributed by atoms with van der Waals surface area (Å²) in [6.45, 7) is 0.325. The summed E-state index contributed by atoms with van der Waals surface area (Å²) in [5.41, 5.74) is -0.912. The highest BCUT2D eigenvalue weighted by Gasteiger charge is 2.33. The lowest BCUT2D eigenvalue weighted by molar-refractivity contribution is -0.141. The van der Waals surface area contributed by atoms with Crippen molar-refractivity contribution in [2.75, 3.05) is 6.61 Å². The van der Waals surface area contributed by atoms with Gasteiger partial charge in [0.05, 0.1) is 13.2 Å². The van der Waals surface area contributed by atoms with Crippen LogP contribution in [0.15, 0.2) is 12.3 Å². The first-order valence-electron chi connectivity index (χ1n) is 3.46. The number of nitrogens with zero attached hydrogens (tertiary/aromatic N) is 2. The maximum absolute atomic E-state index is 12.0. The molecule has 0 bridgehead atoms. The topological polar surface area (TPSA) is 53.1 Å². The molecule has 4 nitrogen and oxygen atoms in total. The molecule has 0 aliphatic heterocycles. The largest absolute Gasteiger partial charge is 0.435 e. The Balaban J connectivity index is 2.64. The van der Waals surface area contributed by atoms with Crippen LogP contribution in [0.5, 0.6) is 0 Å². The minimum Gasteiger partial charge on any atom is -0.303 e. The van der Waals surface area contributed by atoms with E-state index in [1.54, 1.807) is 0 Å². The highest BCUT2D eigenvalue weighted by atomic mass is 19.4. The standard InChI is InChI=1S/C6H8F3N3O/c7-6(8,9)5-1-2-12(11-5)3-4-13-10/h1-2H,3-4,10H2. The van der Waals surface area contributed by atoms with E-state index in [0.29, 0.717) is 0 Å². The van der Waals surface area contributed by atoms with Crippen LogP contribution in [0.25, 0.3) is 0 Å². The van der Waals surface area contributed by atoms with Gasteiger partial charge in [-0.05, 0) is 6.07 Å². The van der Waals surface area contributed by atoms with Gasteiger partial charge in [-0.1, -0.05) is 0 Å². The van der Waals surface area contributed by atoms with Gasteiger partial charge in [0, 0.05) is 6.20 Å². The average molecular weight is 195 g/mol. The molecule has 13 heavy (non-hydrogen) atoms. The molecule has 1 aromatic rings. The van der Waals surface area contributed by atoms with E-state index in [2.05, 4.69) is 9.94 Å². The summed E-state index contributed by atoms with van der Waals surface area (Å²) in [6.07, 6.45) is -3.17. The fourth-order valence-corrected chi connectivity index (χ4v) is 0.784. The first-order chi connectivity index (χ1) is 6.04. The summed E-state index contributed by atoms with van der Waals surface area (Å²) in [7, 11) is 0. The van der Waals surface area contributed by atoms with E-state index in [1.807, 2.05) is 0 Å². The predicted molar refractivity (Wildman–Crippen MR) is 37.4 cm³/mol. The summed E-state index contributed by atoms with van der Waals surface area (Å²) < 4.78 is 37.1. The lowest BCUT2D eigenvalue weighted by Crippen LogP contribution is -2.12. The van der Waals surface area contributed by atoms with Crippen molar-refractivity contribution in [1.82, 2.24) is 9.78 Å². The van der Waals surface area contributed by atoms with Gasteiger partial charge in [-0.2, -0.15) is 18.3 Å². The molecule has 7 heteroatoms. The quantitative estimate of drug-likeness (QED) is 0.725. The molecule has 0 saturated carbocycles. The zero-order valence-corrected chi connectivity index (χ0v) is 6.58. The van der Waals surface area contributed by atoms with Crippen LogP contribution in [0, 0.1) is 0 Å². The summed E-state index contributed by atoms with van der Waals surface area (Å²) in [5, 5.41) is 3.28. The Kier molecular flexibility index (Phi) is 2.89. The van der Waals surface area contributed by atoms with Gasteiger partial charge in [-0.25, -0.2) is 5.90 Å². The van der Waals surface area contributed by atoms with E-state index in [9.17, 15) is 13.2 Å². The van der Waals surface area contributed by atoms with E-state index < -0.39 is 11.9 Å². The molecule has 2 N–H and O–H groups in total. The maximum atomic E-state index is 12.0. The zero-order chi connectivity index (χ0) is 9.90. The second-order valence-corrected chi connectivity index (χ2v) is 2.33. The number of alkyl halides is 3. The Labute approximate surface area is 72.0 Å². The van der Waals surface area contributed by atoms with Gasteiger partial charge >= 0.3 is 6.18 Å². The van der Waals surface area contributed by atoms with Crippen molar-refractivity contribution in [3.8, 4) is 0 Å². The highest BCUT2D eigenvalue weighted by molar-refractivity contribution is 5.02. The van der Waals surface area contributed by atoms with Crippen LogP contribution in [0.1, 0.15) is 5.69 Å². The summed E-state index contributed by atoms with van der Waals surface area (Å²) in [6, 6.07) is 0.899. The monoisotopic (exact) mass is 195 g/mol. The predicted octanol–water partition coefficient (Wildman–Crippen LogP) is 0.792. The SMILES string of the molecule is NOCCn1ccc(C(F)(F)F)n1. The third-order valence-corrected chi connectivity index (χ3v) is 1.37. The molecule has 0 radical (unpaired) electrons. The Morgan fingerprint density at radius 3 is 2.69 bits per heavy atom. The van der Waals surface area contributed by atoms with E-state index >= 15 is 0 Å². The van der Waals surface area contributed by atoms with Crippen LogP contribution >= 0.6 is 0 Å². The average Bonchev–Trinajstić information content (AvgIpc) is 2.47. The second-order valence-electron chi connectivity index (χ2n) is 2.33. The molecule has 0 aliphatic carbocycles. The molecule has 1 rings (SSSR count). The van der Waals surface area contributed by atoms with Crippen LogP contribution in [0.4, 0.5) is 13.2 Å². The number of nitrogens with two attached hydrogens (primary N) is 1. The molecule has 0 atom stereocenters. The molecule has 1 heterocycles. The molecule has 74 valence electrons. The molecule has 0 fully saturated rings. The lowest BCUT2D eigenvalue weighted by Gasteiger charge is -2.01. The van der Waals surface area contributed by atoms with Crippen LogP contribution < -0.4 is 5.90 Å². The Bertz CT molecular complexity index is 270. The summed E-state index contributed by atoms with van der Waals surface area (Å²) in [5.74, 6) is 4.71. The summed E-state index contributed by atoms with van der Waals surface area (Å²) in [4.78, 5) is 4.20. The van der Waals surface area contributed by atoms with Crippen LogP contribution in [0.3, 0.4) is 0 Å². The van der Waals surface area contributed by atoms with E-state index in [4.69, 9.17) is 5.90 Å². The minimum absolute atomic E-state index is 0.124. The number of hydrogen-bond acceptors (Lipinski definition) is 3. The van der Waals surface area contributed by atoms with Crippen molar-refractivity contribution < 1.29 is 18.0 Å². The molecule has 0 spiro atoms. The van der Waals surface area contributed by atoms with E-state index in [1.165, 1.54) is 6.20 Å². The first-order valence-corrected chi connectivity index (χ1v) is 3.46. The van der Waals surface area contributed by atoms with Gasteiger partial charge in [0.15, 0.2) is 5.69 Å². The van der Waals surface area contributed by atoms with Crippen molar-refractivity contribution in [3.05, 3.63) is 18.0 Å². The number of rotatable bonds is 3. The van der Waals surface area contributed by atoms with Gasteiger partial charge in [0.1, 0.15) is 0 Å². The van der Waals surface area contributed by atoms with Crippen molar-refractivity contribution in [2.45, 2.75) is 12.7 Å². The normalized spacial score (nSPS) is 12.0. The van der Waals surface area contributed by atoms with E-state index in [-0.39, 0.29) is 13.2 Å². The van der Waals surface area contributed by atoms with Gasteiger partial charge in [0.2, 0.25) is 0 Å². The number of aromatic nitrogens is 2. The smallest absolute Gasteiger partial charge is 0.303 e. The first kappa shape index (κ1) is 10.0. The number of hydrogen-bond donors (Lipinski definition) is 1. The molecule has 0 amide bonds. The third-order valence-electron chi connectivity index (χ3n) is 1.37. The molecule has 1 aromatic heterocycles. The Morgan fingerprint density at radius 2 is 2.23 bits per heavy atom. The fourth-order valence-electron chi connectivity index (χ4n) is 0.784. The zero-order valence-electron chi connectivity index (χ0n) is 6.58. The lowest BCUT2D eigenvalue weighted by atomic mass is 10.4. The minimum atomic E-state index is -4.39. The molecular formula is C6H8F3N3O. The highest BCUT2D eigenvalue weighted by Crippen LogP contribution is 2.26. The van der Waals surface area contributed by atoms with Crippen molar-refractivity contribution in [1.29, 1.82) is 0 Å². The van der Waals surface area contributed by atoms with Gasteiger partial charge in [0.25, 0.3) is 0 Å². The molecule has 0 unspecified atom stereocenters. The van der Waals surface area contributed by atoms with Crippen molar-refractivity contribution >= 4 is 0 Å². The molecule has 0 aliphatic rings. The van der Waals surface area contributed by atoms with Crippen molar-refractivity contribution in [3.63, 3.8) is 0 Å². The number of halogens is 3. The maximum Gasteiger partial charge on any atom is 0.435 e. The molecule has 0 aromatic carbocycles. The van der Waals surface area contributed by atoms with E-state index in [0.717, 1.165) is 10.7 Å². The molecular weight excluding hydrogens is 187 g/mol. The third kappa shape index (κ3) is 2.71. The van der Waals surface area contributed by atoms with Crippen molar-refractivity contribution in [2.24, 2.45) is 5.90 Å². The molecule has 0 saturated heterocycles. The fraction of sp³-hybridized carbons (Fsp3) is 0.500. The van der Waals surface area contributed by atoms with Gasteiger partial charge < -0.3 is 4.84 Å². The summed E-state index contributed by atoms with van der Waals surface area (Å²) >= 11 is 0. The van der Waals surface area contributed by atoms with Gasteiger partial charge in [-0.3, -0.25) is 4.68 Å². The Hall–Kier alpha value is -1.08. The second kappa shape index (κ2) is 3.75. The van der Waals surface area contributed by atoms with Gasteiger partial charge in [-0.15, -0.1) is 0 Å². The van der Waals surface area contributed by atoms with Crippen LogP contribution in [0.2, 0.25) is 0 Å². The Morgan fingerprint density at radius 1 is 1.54 bits per heavy atom. The van der Waals surface area contributed by atoms with Crippen LogP contribution in [-0.2, 0) is 17.6 Å². The van der Waals surface area contributed by atoms with Crippen LogP contribution in [-0.4, -0.2) is 16.4 Å².